The number of carbonyl (C=O) groups is 1. The Labute approximate surface area is 121 Å². The van der Waals surface area contributed by atoms with E-state index in [-0.39, 0.29) is 11.3 Å². The largest absolute Gasteiger partial charge is 0.493 e. The molecule has 6 heteroatoms. The molecule has 0 saturated heterocycles. The first-order valence-electron chi connectivity index (χ1n) is 6.08. The van der Waals surface area contributed by atoms with Gasteiger partial charge in [-0.3, -0.25) is 0 Å². The lowest BCUT2D eigenvalue weighted by Crippen LogP contribution is -2.00. The number of methoxy groups -OCH3 is 2. The second-order valence-corrected chi connectivity index (χ2v) is 4.15. The normalized spacial score (nSPS) is 10.0. The fraction of sp³-hybridized carbons (Fsp3) is 0.133. The molecule has 0 amide bonds. The van der Waals surface area contributed by atoms with Gasteiger partial charge in [0.1, 0.15) is 0 Å². The zero-order valence-electron chi connectivity index (χ0n) is 11.6. The average Bonchev–Trinajstić information content (AvgIpc) is 2.49. The van der Waals surface area contributed by atoms with Gasteiger partial charge in [-0.05, 0) is 30.3 Å². The molecular weight excluding hydrogens is 274 g/mol. The number of aromatic carboxylic acids is 1. The first-order valence-corrected chi connectivity index (χ1v) is 6.08. The summed E-state index contributed by atoms with van der Waals surface area (Å²) in [6.07, 6.45) is 0. The standard InChI is InChI=1S/C15H15NO5/c1-19-11-4-3-5-12(20-2)14(11)21-13-8-9(15(17)18)6-7-10(13)16/h3-8H,16H2,1-2H3,(H,17,18). The molecule has 2 rings (SSSR count). The maximum atomic E-state index is 11.0. The predicted octanol–water partition coefficient (Wildman–Crippen LogP) is 2.78. The van der Waals surface area contributed by atoms with Crippen LogP contribution in [0.3, 0.4) is 0 Å². The molecule has 6 nitrogen and oxygen atoms in total. The van der Waals surface area contributed by atoms with E-state index in [4.69, 9.17) is 25.1 Å². The van der Waals surface area contributed by atoms with E-state index in [9.17, 15) is 4.79 Å². The van der Waals surface area contributed by atoms with Crippen molar-refractivity contribution in [3.8, 4) is 23.0 Å². The second-order valence-electron chi connectivity index (χ2n) is 4.15. The molecule has 0 bridgehead atoms. The molecule has 2 aromatic carbocycles. The van der Waals surface area contributed by atoms with Crippen LogP contribution in [0.4, 0.5) is 5.69 Å². The van der Waals surface area contributed by atoms with E-state index in [1.807, 2.05) is 0 Å². The van der Waals surface area contributed by atoms with E-state index in [1.54, 1.807) is 18.2 Å². The molecule has 0 aromatic heterocycles. The van der Waals surface area contributed by atoms with Crippen molar-refractivity contribution in [1.82, 2.24) is 0 Å². The summed E-state index contributed by atoms with van der Waals surface area (Å²) in [5.74, 6) is 0.394. The van der Waals surface area contributed by atoms with Crippen LogP contribution in [0, 0.1) is 0 Å². The van der Waals surface area contributed by atoms with E-state index >= 15 is 0 Å². The molecule has 0 radical (unpaired) electrons. The minimum atomic E-state index is -1.06. The Morgan fingerprint density at radius 1 is 1.05 bits per heavy atom. The van der Waals surface area contributed by atoms with Crippen LogP contribution in [0.2, 0.25) is 0 Å². The third-order valence-electron chi connectivity index (χ3n) is 2.86. The summed E-state index contributed by atoms with van der Waals surface area (Å²) in [6, 6.07) is 9.39. The minimum absolute atomic E-state index is 0.0769. The third kappa shape index (κ3) is 3.00. The molecule has 0 aliphatic carbocycles. The first-order chi connectivity index (χ1) is 10.1. The Morgan fingerprint density at radius 3 is 2.19 bits per heavy atom. The first kappa shape index (κ1) is 14.5. The zero-order valence-corrected chi connectivity index (χ0v) is 11.6. The van der Waals surface area contributed by atoms with Crippen LogP contribution >= 0.6 is 0 Å². The molecular formula is C15H15NO5. The molecule has 0 saturated carbocycles. The van der Waals surface area contributed by atoms with Gasteiger partial charge in [-0.25, -0.2) is 4.79 Å². The highest BCUT2D eigenvalue weighted by Gasteiger charge is 2.15. The predicted molar refractivity (Wildman–Crippen MR) is 77.4 cm³/mol. The number of nitrogens with two attached hydrogens (primary N) is 1. The average molecular weight is 289 g/mol. The fourth-order valence-corrected chi connectivity index (χ4v) is 1.78. The van der Waals surface area contributed by atoms with Crippen molar-refractivity contribution in [2.24, 2.45) is 0 Å². The highest BCUT2D eigenvalue weighted by atomic mass is 16.5. The molecule has 110 valence electrons. The van der Waals surface area contributed by atoms with E-state index < -0.39 is 5.97 Å². The van der Waals surface area contributed by atoms with E-state index in [0.29, 0.717) is 22.9 Å². The van der Waals surface area contributed by atoms with Crippen molar-refractivity contribution in [2.45, 2.75) is 0 Å². The van der Waals surface area contributed by atoms with Crippen molar-refractivity contribution in [3.05, 3.63) is 42.0 Å². The number of carboxylic acid groups (broad SMARTS) is 1. The van der Waals surface area contributed by atoms with Crippen LogP contribution in [0.1, 0.15) is 10.4 Å². The van der Waals surface area contributed by atoms with E-state index in [2.05, 4.69) is 0 Å². The molecule has 21 heavy (non-hydrogen) atoms. The van der Waals surface area contributed by atoms with Gasteiger partial charge in [0.25, 0.3) is 0 Å². The van der Waals surface area contributed by atoms with Crippen LogP contribution in [-0.2, 0) is 0 Å². The van der Waals surface area contributed by atoms with Crippen molar-refractivity contribution in [2.75, 3.05) is 20.0 Å². The van der Waals surface area contributed by atoms with E-state index in [0.717, 1.165) is 0 Å². The van der Waals surface area contributed by atoms with Crippen molar-refractivity contribution in [3.63, 3.8) is 0 Å². The molecule has 0 heterocycles. The topological polar surface area (TPSA) is 91.0 Å². The van der Waals surface area contributed by atoms with Gasteiger partial charge in [0.05, 0.1) is 25.5 Å². The van der Waals surface area contributed by atoms with Crippen molar-refractivity contribution in [1.29, 1.82) is 0 Å². The summed E-state index contributed by atoms with van der Waals surface area (Å²) >= 11 is 0. The Morgan fingerprint density at radius 2 is 1.67 bits per heavy atom. The second kappa shape index (κ2) is 6.04. The lowest BCUT2D eigenvalue weighted by molar-refractivity contribution is 0.0696. The number of ether oxygens (including phenoxy) is 3. The Kier molecular flexibility index (Phi) is 4.18. The van der Waals surface area contributed by atoms with Gasteiger partial charge >= 0.3 is 5.97 Å². The Hall–Kier alpha value is -2.89. The summed E-state index contributed by atoms with van der Waals surface area (Å²) in [7, 11) is 3.00. The van der Waals surface area contributed by atoms with Gasteiger partial charge in [0.15, 0.2) is 17.2 Å². The molecule has 0 spiro atoms. The monoisotopic (exact) mass is 289 g/mol. The number of carboxylic acids is 1. The van der Waals surface area contributed by atoms with Crippen molar-refractivity contribution < 1.29 is 24.1 Å². The lowest BCUT2D eigenvalue weighted by Gasteiger charge is -2.15. The van der Waals surface area contributed by atoms with Gasteiger partial charge in [-0.2, -0.15) is 0 Å². The highest BCUT2D eigenvalue weighted by molar-refractivity contribution is 5.89. The quantitative estimate of drug-likeness (QED) is 0.822. The zero-order chi connectivity index (χ0) is 15.4. The molecule has 0 unspecified atom stereocenters. The summed E-state index contributed by atoms with van der Waals surface area (Å²) in [5, 5.41) is 9.02. The molecule has 0 aliphatic heterocycles. The van der Waals surface area contributed by atoms with Gasteiger partial charge < -0.3 is 25.1 Å². The summed E-state index contributed by atoms with van der Waals surface area (Å²) in [4.78, 5) is 11.0. The van der Waals surface area contributed by atoms with Gasteiger partial charge in [0, 0.05) is 0 Å². The highest BCUT2D eigenvalue weighted by Crippen LogP contribution is 2.41. The maximum absolute atomic E-state index is 11.0. The van der Waals surface area contributed by atoms with Gasteiger partial charge in [-0.1, -0.05) is 6.07 Å². The summed E-state index contributed by atoms with van der Waals surface area (Å²) in [6.45, 7) is 0. The molecule has 3 N–H and O–H groups in total. The van der Waals surface area contributed by atoms with Crippen LogP contribution in [-0.4, -0.2) is 25.3 Å². The summed E-state index contributed by atoms with van der Waals surface area (Å²) in [5.41, 5.74) is 6.21. The molecule has 0 aliphatic rings. The molecule has 2 aromatic rings. The number of anilines is 1. The van der Waals surface area contributed by atoms with Gasteiger partial charge in [0.2, 0.25) is 5.75 Å². The smallest absolute Gasteiger partial charge is 0.335 e. The summed E-state index contributed by atoms with van der Waals surface area (Å²) < 4.78 is 16.1. The van der Waals surface area contributed by atoms with E-state index in [1.165, 1.54) is 32.4 Å². The van der Waals surface area contributed by atoms with Crippen LogP contribution in [0.5, 0.6) is 23.0 Å². The molecule has 0 fully saturated rings. The van der Waals surface area contributed by atoms with Crippen LogP contribution in [0.25, 0.3) is 0 Å². The Bertz CT molecular complexity index is 647. The fourth-order valence-electron chi connectivity index (χ4n) is 1.78. The number of benzene rings is 2. The third-order valence-corrected chi connectivity index (χ3v) is 2.86. The number of hydrogen-bond acceptors (Lipinski definition) is 5. The van der Waals surface area contributed by atoms with Gasteiger partial charge in [-0.15, -0.1) is 0 Å². The maximum Gasteiger partial charge on any atom is 0.335 e. The minimum Gasteiger partial charge on any atom is -0.493 e. The Balaban J connectivity index is 2.47. The number of rotatable bonds is 5. The number of nitrogen functional groups attached to an aromatic ring is 1. The van der Waals surface area contributed by atoms with Crippen molar-refractivity contribution >= 4 is 11.7 Å². The number of para-hydroxylation sites is 1. The van der Waals surface area contributed by atoms with Crippen LogP contribution < -0.4 is 19.9 Å². The number of hydrogen-bond donors (Lipinski definition) is 2. The van der Waals surface area contributed by atoms with Crippen LogP contribution in [0.15, 0.2) is 36.4 Å². The SMILES string of the molecule is COc1cccc(OC)c1Oc1cc(C(=O)O)ccc1N. The lowest BCUT2D eigenvalue weighted by atomic mass is 10.2. The molecule has 0 atom stereocenters.